The zero-order valence-corrected chi connectivity index (χ0v) is 27.0. The molecule has 2 aromatic carbocycles. The molecule has 0 bridgehead atoms. The molecule has 4 aromatic rings. The van der Waals surface area contributed by atoms with Crippen LogP contribution in [0, 0.1) is 0 Å². The number of hydrogen-bond donors (Lipinski definition) is 0. The summed E-state index contributed by atoms with van der Waals surface area (Å²) in [7, 11) is 4.38. The second-order valence-corrected chi connectivity index (χ2v) is 11.2. The van der Waals surface area contributed by atoms with Crippen LogP contribution in [-0.4, -0.2) is 57.7 Å². The van der Waals surface area contributed by atoms with E-state index >= 15 is 0 Å². The molecule has 1 aliphatic rings. The molecule has 46 heavy (non-hydrogen) atoms. The van der Waals surface area contributed by atoms with Gasteiger partial charge in [-0.2, -0.15) is 0 Å². The maximum atomic E-state index is 14.2. The number of allylic oxidation sites excluding steroid dienone is 1. The quantitative estimate of drug-likeness (QED) is 0.164. The average Bonchev–Trinajstić information content (AvgIpc) is 3.66. The zero-order chi connectivity index (χ0) is 32.8. The van der Waals surface area contributed by atoms with Gasteiger partial charge in [0.1, 0.15) is 24.2 Å². The van der Waals surface area contributed by atoms with E-state index in [1.54, 1.807) is 67.6 Å². The van der Waals surface area contributed by atoms with Crippen molar-refractivity contribution in [1.29, 1.82) is 0 Å². The average molecular weight is 647 g/mol. The molecule has 3 heterocycles. The van der Waals surface area contributed by atoms with Gasteiger partial charge >= 0.3 is 11.9 Å². The first kappa shape index (κ1) is 32.5. The van der Waals surface area contributed by atoms with Gasteiger partial charge in [-0.1, -0.05) is 42.5 Å². The molecule has 0 saturated heterocycles. The number of nitrogens with zero attached hydrogens (tertiary/aromatic N) is 2. The Labute approximate surface area is 269 Å². The molecule has 0 saturated carbocycles. The van der Waals surface area contributed by atoms with Gasteiger partial charge in [0.05, 0.1) is 48.8 Å². The molecule has 11 nitrogen and oxygen atoms in total. The van der Waals surface area contributed by atoms with Gasteiger partial charge in [0, 0.05) is 24.3 Å². The minimum absolute atomic E-state index is 0.0345. The Bertz CT molecular complexity index is 1950. The van der Waals surface area contributed by atoms with Crippen LogP contribution in [0.3, 0.4) is 0 Å². The fourth-order valence-corrected chi connectivity index (χ4v) is 6.07. The number of carbonyl (C=O) groups excluding carboxylic acids is 2. The third-order valence-electron chi connectivity index (χ3n) is 7.23. The molecular weight excluding hydrogens is 612 g/mol. The molecule has 240 valence electrons. The highest BCUT2D eigenvalue weighted by Gasteiger charge is 2.36. The molecule has 0 radical (unpaired) electrons. The molecule has 5 rings (SSSR count). The lowest BCUT2D eigenvalue weighted by Gasteiger charge is -2.27. The summed E-state index contributed by atoms with van der Waals surface area (Å²) in [5, 5.41) is 0. The van der Waals surface area contributed by atoms with Crippen LogP contribution in [0.4, 0.5) is 0 Å². The van der Waals surface area contributed by atoms with Crippen molar-refractivity contribution in [3.8, 4) is 22.8 Å². The SMILES string of the molecule is CCCOc1c(OC)cccc1[C@H]1C(C(=O)OCCOC)=C(C)N=c2s/c(=C/c3ccc(-c4ccc(C(=O)OC)cc4)o3)c(=O)n21. The van der Waals surface area contributed by atoms with Gasteiger partial charge in [-0.05, 0) is 43.7 Å². The summed E-state index contributed by atoms with van der Waals surface area (Å²) in [4.78, 5) is 44.6. The molecular formula is C34H34N2O9S. The molecule has 0 fully saturated rings. The third-order valence-corrected chi connectivity index (χ3v) is 8.21. The Hall–Kier alpha value is -4.94. The first-order valence-electron chi connectivity index (χ1n) is 14.6. The van der Waals surface area contributed by atoms with Crippen LogP contribution in [0.25, 0.3) is 17.4 Å². The highest BCUT2D eigenvalue weighted by atomic mass is 32.1. The number of fused-ring (bicyclic) bond motifs is 1. The van der Waals surface area contributed by atoms with Gasteiger partial charge in [-0.15, -0.1) is 0 Å². The smallest absolute Gasteiger partial charge is 0.338 e. The Balaban J connectivity index is 1.61. The highest BCUT2D eigenvalue weighted by molar-refractivity contribution is 7.07. The lowest BCUT2D eigenvalue weighted by Crippen LogP contribution is -2.40. The molecule has 2 aromatic heterocycles. The molecule has 1 atom stereocenters. The van der Waals surface area contributed by atoms with E-state index in [9.17, 15) is 14.4 Å². The monoisotopic (exact) mass is 646 g/mol. The van der Waals surface area contributed by atoms with Crippen LogP contribution in [0.5, 0.6) is 11.5 Å². The number of para-hydroxylation sites is 1. The van der Waals surface area contributed by atoms with Crippen molar-refractivity contribution in [3.05, 3.63) is 102 Å². The highest BCUT2D eigenvalue weighted by Crippen LogP contribution is 2.41. The van der Waals surface area contributed by atoms with Crippen molar-refractivity contribution < 1.29 is 37.7 Å². The maximum absolute atomic E-state index is 14.2. The van der Waals surface area contributed by atoms with Gasteiger partial charge in [0.25, 0.3) is 5.56 Å². The predicted molar refractivity (Wildman–Crippen MR) is 171 cm³/mol. The summed E-state index contributed by atoms with van der Waals surface area (Å²) < 4.78 is 35.0. The first-order valence-corrected chi connectivity index (χ1v) is 15.4. The van der Waals surface area contributed by atoms with Crippen LogP contribution in [0.15, 0.2) is 80.1 Å². The van der Waals surface area contributed by atoms with E-state index in [-0.39, 0.29) is 24.3 Å². The van der Waals surface area contributed by atoms with Gasteiger partial charge in [0.15, 0.2) is 16.3 Å². The molecule has 0 spiro atoms. The molecule has 0 N–H and O–H groups in total. The number of aromatic nitrogens is 1. The van der Waals surface area contributed by atoms with E-state index in [0.717, 1.165) is 12.0 Å². The minimum Gasteiger partial charge on any atom is -0.493 e. The molecule has 1 aliphatic heterocycles. The lowest BCUT2D eigenvalue weighted by atomic mass is 9.94. The summed E-state index contributed by atoms with van der Waals surface area (Å²) in [5.41, 5.74) is 1.99. The number of furan rings is 1. The maximum Gasteiger partial charge on any atom is 0.338 e. The third kappa shape index (κ3) is 6.53. The Morgan fingerprint density at radius 1 is 1.00 bits per heavy atom. The predicted octanol–water partition coefficient (Wildman–Crippen LogP) is 4.27. The van der Waals surface area contributed by atoms with Crippen LogP contribution in [0.1, 0.15) is 48.0 Å². The van der Waals surface area contributed by atoms with Crippen LogP contribution in [-0.2, 0) is 19.0 Å². The Morgan fingerprint density at radius 2 is 1.78 bits per heavy atom. The van der Waals surface area contributed by atoms with E-state index in [0.29, 0.717) is 55.8 Å². The summed E-state index contributed by atoms with van der Waals surface area (Å²) in [5.74, 6) is 0.849. The molecule has 0 aliphatic carbocycles. The Kier molecular flexibility index (Phi) is 10.2. The number of thiazole rings is 1. The fourth-order valence-electron chi connectivity index (χ4n) is 5.04. The Morgan fingerprint density at radius 3 is 2.48 bits per heavy atom. The minimum atomic E-state index is -0.907. The number of esters is 2. The number of rotatable bonds is 12. The van der Waals surface area contributed by atoms with E-state index in [1.165, 1.54) is 37.2 Å². The number of methoxy groups -OCH3 is 3. The normalized spacial score (nSPS) is 14.5. The number of hydrogen-bond acceptors (Lipinski definition) is 11. The van der Waals surface area contributed by atoms with E-state index in [2.05, 4.69) is 4.99 Å². The van der Waals surface area contributed by atoms with E-state index < -0.39 is 18.0 Å². The van der Waals surface area contributed by atoms with Crippen molar-refractivity contribution in [2.75, 3.05) is 41.2 Å². The van der Waals surface area contributed by atoms with E-state index in [1.807, 2.05) is 6.92 Å². The largest absolute Gasteiger partial charge is 0.493 e. The summed E-state index contributed by atoms with van der Waals surface area (Å²) in [6.45, 7) is 4.35. The van der Waals surface area contributed by atoms with Gasteiger partial charge in [-0.3, -0.25) is 9.36 Å². The van der Waals surface area contributed by atoms with Crippen molar-refractivity contribution in [2.24, 2.45) is 4.99 Å². The first-order chi connectivity index (χ1) is 22.3. The molecule has 12 heteroatoms. The van der Waals surface area contributed by atoms with Crippen LogP contribution >= 0.6 is 11.3 Å². The second kappa shape index (κ2) is 14.4. The van der Waals surface area contributed by atoms with E-state index in [4.69, 9.17) is 28.1 Å². The number of carbonyl (C=O) groups is 2. The standard InChI is InChI=1S/C34H34N2O9S/c1-6-16-43-30-24(8-7-9-26(30)41-4)29-28(33(39)44-18-17-40-3)20(2)35-34-36(29)31(37)27(46-34)19-23-14-15-25(45-23)21-10-12-22(13-11-21)32(38)42-5/h7-15,19,29H,6,16-18H2,1-5H3/b27-19+/t29-/m0/s1. The van der Waals surface area contributed by atoms with Gasteiger partial charge in [-0.25, -0.2) is 14.6 Å². The van der Waals surface area contributed by atoms with Crippen molar-refractivity contribution in [1.82, 2.24) is 4.57 Å². The van der Waals surface area contributed by atoms with Crippen molar-refractivity contribution in [2.45, 2.75) is 26.3 Å². The van der Waals surface area contributed by atoms with Crippen LogP contribution < -0.4 is 24.4 Å². The van der Waals surface area contributed by atoms with Crippen molar-refractivity contribution >= 4 is 29.4 Å². The summed E-state index contributed by atoms with van der Waals surface area (Å²) >= 11 is 1.18. The van der Waals surface area contributed by atoms with Gasteiger partial charge < -0.3 is 28.1 Å². The zero-order valence-electron chi connectivity index (χ0n) is 26.2. The summed E-state index contributed by atoms with van der Waals surface area (Å²) in [6, 6.07) is 14.8. The topological polar surface area (TPSA) is 128 Å². The lowest BCUT2D eigenvalue weighted by molar-refractivity contribution is -0.140. The number of benzene rings is 2. The second-order valence-electron chi connectivity index (χ2n) is 10.2. The molecule has 0 unspecified atom stereocenters. The van der Waals surface area contributed by atoms with Crippen molar-refractivity contribution in [3.63, 3.8) is 0 Å². The molecule has 0 amide bonds. The fraction of sp³-hybridized carbons (Fsp3) is 0.294. The van der Waals surface area contributed by atoms with Gasteiger partial charge in [0.2, 0.25) is 0 Å². The van der Waals surface area contributed by atoms with Crippen LogP contribution in [0.2, 0.25) is 0 Å². The summed E-state index contributed by atoms with van der Waals surface area (Å²) in [6.07, 6.45) is 2.38. The number of ether oxygens (including phenoxy) is 5.